The molecule has 2 nitrogen and oxygen atoms in total. The monoisotopic (exact) mass is 150 g/mol. The topological polar surface area (TPSA) is 49.9 Å². The minimum atomic E-state index is 0.177. The molecule has 1 aliphatic rings. The second-order valence-electron chi connectivity index (χ2n) is 2.84. The summed E-state index contributed by atoms with van der Waals surface area (Å²) in [5, 5.41) is 7.17. The van der Waals surface area contributed by atoms with Crippen LogP contribution < -0.4 is 5.73 Å². The molecule has 0 bridgehead atoms. The Morgan fingerprint density at radius 2 is 2.55 bits per heavy atom. The van der Waals surface area contributed by atoms with E-state index in [4.69, 9.17) is 11.1 Å². The lowest BCUT2D eigenvalue weighted by Gasteiger charge is -2.12. The van der Waals surface area contributed by atoms with Crippen LogP contribution in [0.1, 0.15) is 19.8 Å². The van der Waals surface area contributed by atoms with Crippen LogP contribution in [0.2, 0.25) is 0 Å². The molecule has 1 rings (SSSR count). The molecule has 0 aromatic rings. The molecule has 0 saturated heterocycles. The molecule has 60 valence electrons. The highest BCUT2D eigenvalue weighted by Crippen LogP contribution is 2.18. The van der Waals surface area contributed by atoms with Gasteiger partial charge in [0.15, 0.2) is 0 Å². The second-order valence-corrected chi connectivity index (χ2v) is 2.84. The fourth-order valence-electron chi connectivity index (χ4n) is 1.17. The summed E-state index contributed by atoms with van der Waals surface area (Å²) in [5.74, 6) is 0.828. The lowest BCUT2D eigenvalue weighted by molar-refractivity contribution is 0.631. The third-order valence-electron chi connectivity index (χ3n) is 2.02. The van der Waals surface area contributed by atoms with E-state index in [1.54, 1.807) is 0 Å². The van der Waals surface area contributed by atoms with Crippen molar-refractivity contribution < 1.29 is 0 Å². The first-order valence-corrected chi connectivity index (χ1v) is 3.96. The van der Waals surface area contributed by atoms with E-state index < -0.39 is 0 Å². The molecule has 2 heteroatoms. The van der Waals surface area contributed by atoms with Gasteiger partial charge in [0.05, 0.1) is 0 Å². The smallest absolute Gasteiger partial charge is 0.122 e. The van der Waals surface area contributed by atoms with Crippen LogP contribution in [-0.2, 0) is 0 Å². The molecule has 1 aliphatic carbocycles. The minimum Gasteiger partial charge on any atom is -0.384 e. The fraction of sp³-hybridized carbons (Fsp3) is 0.444. The van der Waals surface area contributed by atoms with E-state index in [9.17, 15) is 0 Å². The van der Waals surface area contributed by atoms with Gasteiger partial charge in [-0.1, -0.05) is 25.2 Å². The quantitative estimate of drug-likeness (QED) is 0.458. The predicted molar refractivity (Wildman–Crippen MR) is 47.5 cm³/mol. The van der Waals surface area contributed by atoms with E-state index >= 15 is 0 Å². The number of allylic oxidation sites excluding steroid dienone is 2. The number of hydrogen-bond donors (Lipinski definition) is 2. The van der Waals surface area contributed by atoms with Crippen molar-refractivity contribution in [1.29, 1.82) is 5.41 Å². The number of nitrogens with one attached hydrogen (secondary N) is 1. The van der Waals surface area contributed by atoms with Crippen LogP contribution in [0.25, 0.3) is 0 Å². The summed E-state index contributed by atoms with van der Waals surface area (Å²) in [4.78, 5) is 0. The van der Waals surface area contributed by atoms with Crippen LogP contribution in [-0.4, -0.2) is 5.84 Å². The van der Waals surface area contributed by atoms with Crippen LogP contribution in [0.3, 0.4) is 0 Å². The molecule has 1 unspecified atom stereocenters. The Kier molecular flexibility index (Phi) is 2.47. The van der Waals surface area contributed by atoms with Crippen LogP contribution in [0.5, 0.6) is 0 Å². The van der Waals surface area contributed by atoms with Crippen LogP contribution in [0.15, 0.2) is 23.8 Å². The van der Waals surface area contributed by atoms with Gasteiger partial charge in [0.2, 0.25) is 0 Å². The first-order chi connectivity index (χ1) is 5.24. The molecule has 1 atom stereocenters. The van der Waals surface area contributed by atoms with Gasteiger partial charge in [-0.3, -0.25) is 5.41 Å². The normalized spacial score (nSPS) is 23.0. The van der Waals surface area contributed by atoms with E-state index in [2.05, 4.69) is 13.0 Å². The van der Waals surface area contributed by atoms with E-state index in [-0.39, 0.29) is 5.84 Å². The van der Waals surface area contributed by atoms with Crippen molar-refractivity contribution in [2.24, 2.45) is 11.7 Å². The van der Waals surface area contributed by atoms with Crippen LogP contribution >= 0.6 is 0 Å². The summed E-state index contributed by atoms with van der Waals surface area (Å²) in [7, 11) is 0. The summed E-state index contributed by atoms with van der Waals surface area (Å²) < 4.78 is 0. The number of amidine groups is 1. The van der Waals surface area contributed by atoms with Crippen molar-refractivity contribution in [3.05, 3.63) is 23.8 Å². The number of nitrogens with two attached hydrogens (primary N) is 1. The third-order valence-corrected chi connectivity index (χ3v) is 2.02. The average molecular weight is 150 g/mol. The van der Waals surface area contributed by atoms with Gasteiger partial charge in [-0.15, -0.1) is 0 Å². The Morgan fingerprint density at radius 3 is 2.91 bits per heavy atom. The van der Waals surface area contributed by atoms with E-state index in [1.807, 2.05) is 12.2 Å². The molecule has 11 heavy (non-hydrogen) atoms. The molecule has 3 N–H and O–H groups in total. The standard InChI is InChI=1S/C9H14N2/c1-2-7-3-5-8(6-4-7)9(10)11/h3,5-7H,2,4H2,1H3,(H3,10,11). The second kappa shape index (κ2) is 3.37. The fourth-order valence-corrected chi connectivity index (χ4v) is 1.17. The largest absolute Gasteiger partial charge is 0.384 e. The predicted octanol–water partition coefficient (Wildman–Crippen LogP) is 1.83. The summed E-state index contributed by atoms with van der Waals surface area (Å²) >= 11 is 0. The summed E-state index contributed by atoms with van der Waals surface area (Å²) in [6.45, 7) is 2.17. The Morgan fingerprint density at radius 1 is 1.82 bits per heavy atom. The van der Waals surface area contributed by atoms with Crippen molar-refractivity contribution in [2.75, 3.05) is 0 Å². The molecule has 0 spiro atoms. The Labute approximate surface area is 67.3 Å². The molecular weight excluding hydrogens is 136 g/mol. The van der Waals surface area contributed by atoms with E-state index in [0.29, 0.717) is 5.92 Å². The first-order valence-electron chi connectivity index (χ1n) is 3.96. The third kappa shape index (κ3) is 1.93. The van der Waals surface area contributed by atoms with Gasteiger partial charge in [-0.2, -0.15) is 0 Å². The van der Waals surface area contributed by atoms with Crippen molar-refractivity contribution >= 4 is 5.84 Å². The average Bonchev–Trinajstić information content (AvgIpc) is 2.05. The first kappa shape index (κ1) is 8.05. The van der Waals surface area contributed by atoms with Crippen molar-refractivity contribution in [2.45, 2.75) is 19.8 Å². The molecule has 0 saturated carbocycles. The molecule has 0 amide bonds. The maximum Gasteiger partial charge on any atom is 0.122 e. The van der Waals surface area contributed by atoms with E-state index in [1.165, 1.54) is 0 Å². The maximum atomic E-state index is 7.17. The zero-order valence-corrected chi connectivity index (χ0v) is 6.80. The Bertz CT molecular complexity index is 214. The zero-order chi connectivity index (χ0) is 8.27. The SMILES string of the molecule is CCC1C=CC(C(=N)N)=CC1. The van der Waals surface area contributed by atoms with Gasteiger partial charge in [-0.25, -0.2) is 0 Å². The lowest BCUT2D eigenvalue weighted by Crippen LogP contribution is -2.13. The van der Waals surface area contributed by atoms with Crippen molar-refractivity contribution in [3.8, 4) is 0 Å². The molecule has 0 aromatic heterocycles. The van der Waals surface area contributed by atoms with Gasteiger partial charge >= 0.3 is 0 Å². The number of hydrogen-bond acceptors (Lipinski definition) is 1. The lowest BCUT2D eigenvalue weighted by atomic mass is 9.94. The van der Waals surface area contributed by atoms with Gasteiger partial charge in [-0.05, 0) is 18.8 Å². The highest BCUT2D eigenvalue weighted by atomic mass is 14.7. The molecule has 0 heterocycles. The van der Waals surface area contributed by atoms with Gasteiger partial charge in [0, 0.05) is 5.57 Å². The van der Waals surface area contributed by atoms with Crippen molar-refractivity contribution in [1.82, 2.24) is 0 Å². The Balaban J connectivity index is 2.60. The maximum absolute atomic E-state index is 7.17. The molecule has 0 radical (unpaired) electrons. The summed E-state index contributed by atoms with van der Waals surface area (Å²) in [6, 6.07) is 0. The molecule has 0 aliphatic heterocycles. The summed E-state index contributed by atoms with van der Waals surface area (Å²) in [6.07, 6.45) is 8.31. The zero-order valence-electron chi connectivity index (χ0n) is 6.80. The number of rotatable bonds is 2. The highest BCUT2D eigenvalue weighted by Gasteiger charge is 2.06. The van der Waals surface area contributed by atoms with Crippen LogP contribution in [0, 0.1) is 11.3 Å². The van der Waals surface area contributed by atoms with Gasteiger partial charge < -0.3 is 5.73 Å². The molecule has 0 aromatic carbocycles. The van der Waals surface area contributed by atoms with Gasteiger partial charge in [0.25, 0.3) is 0 Å². The minimum absolute atomic E-state index is 0.177. The molecular formula is C9H14N2. The van der Waals surface area contributed by atoms with Gasteiger partial charge in [0.1, 0.15) is 5.84 Å². The Hall–Kier alpha value is -1.05. The van der Waals surface area contributed by atoms with Crippen molar-refractivity contribution in [3.63, 3.8) is 0 Å². The highest BCUT2D eigenvalue weighted by molar-refractivity contribution is 5.97. The van der Waals surface area contributed by atoms with E-state index in [0.717, 1.165) is 18.4 Å². The summed E-state index contributed by atoms with van der Waals surface area (Å²) in [5.41, 5.74) is 6.19. The molecule has 0 fully saturated rings. The van der Waals surface area contributed by atoms with Crippen LogP contribution in [0.4, 0.5) is 0 Å².